The second-order valence-corrected chi connectivity index (χ2v) is 4.16. The van der Waals surface area contributed by atoms with Crippen molar-refractivity contribution >= 4 is 6.29 Å². The van der Waals surface area contributed by atoms with Crippen LogP contribution in [-0.4, -0.2) is 22.6 Å². The van der Waals surface area contributed by atoms with Crippen molar-refractivity contribution in [3.63, 3.8) is 0 Å². The average molecular weight is 227 g/mol. The molecule has 1 aromatic carbocycles. The number of hydrogen-bond donors (Lipinski definition) is 1. The summed E-state index contributed by atoms with van der Waals surface area (Å²) in [5.74, 6) is 0. The van der Waals surface area contributed by atoms with E-state index in [2.05, 4.69) is 10.4 Å². The Hall–Kier alpha value is -1.94. The number of benzene rings is 1. The first kappa shape index (κ1) is 10.2. The minimum absolute atomic E-state index is 0.688. The molecule has 1 aliphatic rings. The normalized spacial score (nSPS) is 14.4. The zero-order valence-electron chi connectivity index (χ0n) is 9.39. The molecular formula is C13H13N3O. The molecule has 1 N–H and O–H groups in total. The van der Waals surface area contributed by atoms with Crippen molar-refractivity contribution in [2.24, 2.45) is 0 Å². The van der Waals surface area contributed by atoms with Crippen molar-refractivity contribution in [3.8, 4) is 5.69 Å². The van der Waals surface area contributed by atoms with E-state index in [1.165, 1.54) is 11.3 Å². The number of aldehydes is 1. The molecule has 3 rings (SSSR count). The number of nitrogens with zero attached hydrogens (tertiary/aromatic N) is 2. The van der Waals surface area contributed by atoms with E-state index in [4.69, 9.17) is 0 Å². The van der Waals surface area contributed by atoms with Gasteiger partial charge in [-0.05, 0) is 42.8 Å². The van der Waals surface area contributed by atoms with Gasteiger partial charge in [-0.1, -0.05) is 0 Å². The summed E-state index contributed by atoms with van der Waals surface area (Å²) in [7, 11) is 0. The van der Waals surface area contributed by atoms with E-state index in [9.17, 15) is 4.79 Å². The van der Waals surface area contributed by atoms with Gasteiger partial charge in [-0.25, -0.2) is 4.68 Å². The molecule has 0 unspecified atom stereocenters. The third kappa shape index (κ3) is 1.76. The van der Waals surface area contributed by atoms with Gasteiger partial charge in [0.1, 0.15) is 6.29 Å². The molecule has 0 atom stereocenters. The Morgan fingerprint density at radius 3 is 2.88 bits per heavy atom. The Morgan fingerprint density at radius 2 is 2.12 bits per heavy atom. The number of carbonyl (C=O) groups is 1. The van der Waals surface area contributed by atoms with Crippen LogP contribution in [0.2, 0.25) is 0 Å². The molecule has 1 aromatic heterocycles. The van der Waals surface area contributed by atoms with Crippen molar-refractivity contribution in [2.75, 3.05) is 6.54 Å². The molecule has 0 saturated carbocycles. The number of hydrogen-bond acceptors (Lipinski definition) is 3. The lowest BCUT2D eigenvalue weighted by atomic mass is 10.1. The minimum atomic E-state index is 0.688. The van der Waals surface area contributed by atoms with Gasteiger partial charge in [0, 0.05) is 12.1 Å². The molecule has 17 heavy (non-hydrogen) atoms. The van der Waals surface area contributed by atoms with Crippen LogP contribution >= 0.6 is 0 Å². The molecule has 2 heterocycles. The van der Waals surface area contributed by atoms with Crippen molar-refractivity contribution in [1.82, 2.24) is 15.1 Å². The molecular weight excluding hydrogens is 214 g/mol. The molecule has 86 valence electrons. The van der Waals surface area contributed by atoms with Gasteiger partial charge in [0.2, 0.25) is 0 Å². The van der Waals surface area contributed by atoms with E-state index in [1.54, 1.807) is 0 Å². The molecule has 0 amide bonds. The van der Waals surface area contributed by atoms with Crippen LogP contribution in [0.15, 0.2) is 30.5 Å². The number of fused-ring (bicyclic) bond motifs is 1. The largest absolute Gasteiger partial charge is 0.311 e. The van der Waals surface area contributed by atoms with Gasteiger partial charge in [0.15, 0.2) is 0 Å². The number of rotatable bonds is 2. The first-order valence-corrected chi connectivity index (χ1v) is 5.70. The third-order valence-electron chi connectivity index (χ3n) is 3.09. The van der Waals surface area contributed by atoms with E-state index in [0.29, 0.717) is 5.56 Å². The van der Waals surface area contributed by atoms with Crippen LogP contribution in [0.25, 0.3) is 5.69 Å². The summed E-state index contributed by atoms with van der Waals surface area (Å²) >= 11 is 0. The first-order chi connectivity index (χ1) is 8.38. The molecule has 0 radical (unpaired) electrons. The predicted octanol–water partition coefficient (Wildman–Crippen LogP) is 1.33. The lowest BCUT2D eigenvalue weighted by molar-refractivity contribution is 0.112. The Morgan fingerprint density at radius 1 is 1.29 bits per heavy atom. The van der Waals surface area contributed by atoms with Gasteiger partial charge in [0.25, 0.3) is 0 Å². The molecule has 0 spiro atoms. The maximum absolute atomic E-state index is 10.6. The van der Waals surface area contributed by atoms with Gasteiger partial charge in [0.05, 0.1) is 17.6 Å². The van der Waals surface area contributed by atoms with E-state index < -0.39 is 0 Å². The first-order valence-electron chi connectivity index (χ1n) is 5.70. The van der Waals surface area contributed by atoms with E-state index in [1.807, 2.05) is 35.1 Å². The fourth-order valence-corrected chi connectivity index (χ4v) is 2.15. The Balaban J connectivity index is 2.02. The minimum Gasteiger partial charge on any atom is -0.311 e. The van der Waals surface area contributed by atoms with Crippen LogP contribution in [0.4, 0.5) is 0 Å². The fraction of sp³-hybridized carbons (Fsp3) is 0.231. The van der Waals surface area contributed by atoms with Crippen LogP contribution in [0, 0.1) is 0 Å². The summed E-state index contributed by atoms with van der Waals surface area (Å²) in [4.78, 5) is 10.6. The number of aromatic nitrogens is 2. The molecule has 0 saturated heterocycles. The topological polar surface area (TPSA) is 46.9 Å². The second kappa shape index (κ2) is 4.14. The third-order valence-corrected chi connectivity index (χ3v) is 3.09. The number of carbonyl (C=O) groups excluding carboxylic acids is 1. The van der Waals surface area contributed by atoms with Crippen LogP contribution in [0.5, 0.6) is 0 Å². The molecule has 0 bridgehead atoms. The summed E-state index contributed by atoms with van der Waals surface area (Å²) in [6.07, 6.45) is 3.81. The standard InChI is InChI=1S/C13H13N3O/c17-9-10-1-3-12(4-2-10)16-13-8-14-6-5-11(13)7-15-16/h1-4,7,9,14H,5-6,8H2. The zero-order valence-corrected chi connectivity index (χ0v) is 9.39. The Kier molecular flexibility index (Phi) is 2.49. The summed E-state index contributed by atoms with van der Waals surface area (Å²) in [5.41, 5.74) is 4.21. The van der Waals surface area contributed by atoms with Crippen molar-refractivity contribution in [2.45, 2.75) is 13.0 Å². The van der Waals surface area contributed by atoms with Crippen molar-refractivity contribution in [3.05, 3.63) is 47.3 Å². The smallest absolute Gasteiger partial charge is 0.150 e. The highest BCUT2D eigenvalue weighted by atomic mass is 16.1. The maximum atomic E-state index is 10.6. The van der Waals surface area contributed by atoms with E-state index in [0.717, 1.165) is 31.5 Å². The van der Waals surface area contributed by atoms with Crippen molar-refractivity contribution in [1.29, 1.82) is 0 Å². The summed E-state index contributed by atoms with van der Waals surface area (Å²) in [5, 5.41) is 7.75. The highest BCUT2D eigenvalue weighted by Gasteiger charge is 2.15. The van der Waals surface area contributed by atoms with Gasteiger partial charge in [-0.15, -0.1) is 0 Å². The van der Waals surface area contributed by atoms with Gasteiger partial charge >= 0.3 is 0 Å². The van der Waals surface area contributed by atoms with E-state index >= 15 is 0 Å². The summed E-state index contributed by atoms with van der Waals surface area (Å²) in [6.45, 7) is 1.87. The van der Waals surface area contributed by atoms with Gasteiger partial charge < -0.3 is 5.32 Å². The molecule has 2 aromatic rings. The second-order valence-electron chi connectivity index (χ2n) is 4.16. The lowest BCUT2D eigenvalue weighted by Gasteiger charge is -2.15. The van der Waals surface area contributed by atoms with Crippen molar-refractivity contribution < 1.29 is 4.79 Å². The van der Waals surface area contributed by atoms with Crippen LogP contribution in [0.1, 0.15) is 21.6 Å². The highest BCUT2D eigenvalue weighted by Crippen LogP contribution is 2.18. The maximum Gasteiger partial charge on any atom is 0.150 e. The van der Waals surface area contributed by atoms with Crippen LogP contribution < -0.4 is 5.32 Å². The summed E-state index contributed by atoms with van der Waals surface area (Å²) in [6, 6.07) is 7.47. The molecule has 0 fully saturated rings. The monoisotopic (exact) mass is 227 g/mol. The molecule has 0 aliphatic carbocycles. The SMILES string of the molecule is O=Cc1ccc(-n2ncc3c2CNCC3)cc1. The Bertz CT molecular complexity index is 542. The quantitative estimate of drug-likeness (QED) is 0.787. The molecule has 1 aliphatic heterocycles. The van der Waals surface area contributed by atoms with Gasteiger partial charge in [-0.2, -0.15) is 5.10 Å². The zero-order chi connectivity index (χ0) is 11.7. The van der Waals surface area contributed by atoms with Crippen LogP contribution in [-0.2, 0) is 13.0 Å². The predicted molar refractivity (Wildman–Crippen MR) is 64.4 cm³/mol. The van der Waals surface area contributed by atoms with E-state index in [-0.39, 0.29) is 0 Å². The molecule has 4 nitrogen and oxygen atoms in total. The Labute approximate surface area is 99.3 Å². The highest BCUT2D eigenvalue weighted by molar-refractivity contribution is 5.75. The average Bonchev–Trinajstić information content (AvgIpc) is 2.83. The fourth-order valence-electron chi connectivity index (χ4n) is 2.15. The molecule has 4 heteroatoms. The number of nitrogens with one attached hydrogen (secondary N) is 1. The lowest BCUT2D eigenvalue weighted by Crippen LogP contribution is -2.24. The van der Waals surface area contributed by atoms with Crippen LogP contribution in [0.3, 0.4) is 0 Å². The summed E-state index contributed by atoms with van der Waals surface area (Å²) < 4.78 is 1.94. The van der Waals surface area contributed by atoms with Gasteiger partial charge in [-0.3, -0.25) is 4.79 Å².